The van der Waals surface area contributed by atoms with Crippen molar-refractivity contribution in [1.29, 1.82) is 0 Å². The number of allylic oxidation sites excluding steroid dienone is 1. The Morgan fingerprint density at radius 1 is 1.38 bits per heavy atom. The lowest BCUT2D eigenvalue weighted by molar-refractivity contribution is -0.115. The molecule has 126 valence electrons. The molecular formula is C16H19N5O3. The highest BCUT2D eigenvalue weighted by molar-refractivity contribution is 5.95. The van der Waals surface area contributed by atoms with Crippen molar-refractivity contribution in [2.24, 2.45) is 5.73 Å². The molecule has 1 aliphatic rings. The first kappa shape index (κ1) is 16.0. The number of aryl methyl sites for hydroxylation is 1. The van der Waals surface area contributed by atoms with Crippen LogP contribution in [0, 0.1) is 0 Å². The Bertz CT molecular complexity index is 795. The standard InChI is InChI=1S/C16H19N5O3/c1-9-13(15(17)24)14(10-4-6-11(23)7-5-10)21-16(18-9)19-12(20-21)3-2-8-22/h4-7,14,22-23H,2-3,8H2,1H3,(H2,17,24)(H,18,19,20). The number of phenolic OH excluding ortho intramolecular Hbond substituents is 1. The second-order valence-electron chi connectivity index (χ2n) is 5.65. The molecule has 1 unspecified atom stereocenters. The van der Waals surface area contributed by atoms with Crippen molar-refractivity contribution in [3.63, 3.8) is 0 Å². The van der Waals surface area contributed by atoms with Crippen LogP contribution in [-0.2, 0) is 11.2 Å². The van der Waals surface area contributed by atoms with Crippen molar-refractivity contribution < 1.29 is 15.0 Å². The molecule has 24 heavy (non-hydrogen) atoms. The maximum Gasteiger partial charge on any atom is 0.248 e. The number of carbonyl (C=O) groups is 1. The Morgan fingerprint density at radius 2 is 2.08 bits per heavy atom. The van der Waals surface area contributed by atoms with Crippen molar-refractivity contribution in [3.05, 3.63) is 46.9 Å². The highest BCUT2D eigenvalue weighted by atomic mass is 16.3. The normalized spacial score (nSPS) is 16.7. The zero-order valence-electron chi connectivity index (χ0n) is 13.2. The van der Waals surface area contributed by atoms with E-state index in [0.717, 1.165) is 5.56 Å². The summed E-state index contributed by atoms with van der Waals surface area (Å²) in [5, 5.41) is 26.0. The average molecular weight is 329 g/mol. The number of aliphatic hydroxyl groups is 1. The summed E-state index contributed by atoms with van der Waals surface area (Å²) in [7, 11) is 0. The van der Waals surface area contributed by atoms with Gasteiger partial charge in [-0.15, -0.1) is 0 Å². The van der Waals surface area contributed by atoms with Crippen LogP contribution in [0.3, 0.4) is 0 Å². The van der Waals surface area contributed by atoms with E-state index in [4.69, 9.17) is 10.8 Å². The van der Waals surface area contributed by atoms with Crippen molar-refractivity contribution in [1.82, 2.24) is 14.8 Å². The molecule has 1 aromatic carbocycles. The summed E-state index contributed by atoms with van der Waals surface area (Å²) < 4.78 is 1.62. The predicted octanol–water partition coefficient (Wildman–Crippen LogP) is 0.683. The highest BCUT2D eigenvalue weighted by Gasteiger charge is 2.33. The van der Waals surface area contributed by atoms with E-state index in [1.165, 1.54) is 0 Å². The van der Waals surface area contributed by atoms with Crippen molar-refractivity contribution >= 4 is 11.9 Å². The SMILES string of the molecule is CC1=C(C(N)=O)C(c2ccc(O)cc2)n2nc(CCCO)nc2N1. The number of carbonyl (C=O) groups excluding carboxylic acids is 1. The minimum atomic E-state index is -0.545. The Labute approximate surface area is 138 Å². The molecule has 0 saturated heterocycles. The Hall–Kier alpha value is -2.87. The number of amides is 1. The van der Waals surface area contributed by atoms with Crippen molar-refractivity contribution in [2.75, 3.05) is 11.9 Å². The van der Waals surface area contributed by atoms with Gasteiger partial charge in [0.15, 0.2) is 5.82 Å². The van der Waals surface area contributed by atoms with Gasteiger partial charge in [-0.25, -0.2) is 4.68 Å². The average Bonchev–Trinajstić information content (AvgIpc) is 2.94. The second kappa shape index (κ2) is 6.32. The van der Waals surface area contributed by atoms with Crippen LogP contribution >= 0.6 is 0 Å². The number of nitrogens with zero attached hydrogens (tertiary/aromatic N) is 3. The summed E-state index contributed by atoms with van der Waals surface area (Å²) in [5.74, 6) is 0.685. The number of aromatic nitrogens is 3. The number of nitrogens with two attached hydrogens (primary N) is 1. The molecule has 5 N–H and O–H groups in total. The molecule has 2 heterocycles. The molecule has 0 bridgehead atoms. The number of anilines is 1. The highest BCUT2D eigenvalue weighted by Crippen LogP contribution is 2.35. The molecule has 8 heteroatoms. The molecule has 1 atom stereocenters. The van der Waals surface area contributed by atoms with Gasteiger partial charge in [-0.05, 0) is 31.0 Å². The van der Waals surface area contributed by atoms with Gasteiger partial charge in [0.2, 0.25) is 11.9 Å². The molecule has 1 amide bonds. The molecule has 8 nitrogen and oxygen atoms in total. The summed E-state index contributed by atoms with van der Waals surface area (Å²) in [6.07, 6.45) is 1.09. The van der Waals surface area contributed by atoms with Crippen LogP contribution in [0.2, 0.25) is 0 Å². The predicted molar refractivity (Wildman–Crippen MR) is 87.2 cm³/mol. The number of aliphatic hydroxyl groups excluding tert-OH is 1. The number of phenols is 1. The molecule has 3 rings (SSSR count). The van der Waals surface area contributed by atoms with E-state index in [2.05, 4.69) is 15.4 Å². The Balaban J connectivity index is 2.09. The summed E-state index contributed by atoms with van der Waals surface area (Å²) in [4.78, 5) is 16.4. The third-order valence-electron chi connectivity index (χ3n) is 3.93. The van der Waals surface area contributed by atoms with Gasteiger partial charge in [0.25, 0.3) is 0 Å². The van der Waals surface area contributed by atoms with Crippen LogP contribution in [-0.4, -0.2) is 37.5 Å². The lowest BCUT2D eigenvalue weighted by atomic mass is 9.95. The quantitative estimate of drug-likeness (QED) is 0.639. The van der Waals surface area contributed by atoms with Gasteiger partial charge in [0.05, 0.1) is 5.57 Å². The topological polar surface area (TPSA) is 126 Å². The summed E-state index contributed by atoms with van der Waals surface area (Å²) in [6, 6.07) is 6.03. The van der Waals surface area contributed by atoms with Gasteiger partial charge < -0.3 is 21.3 Å². The third kappa shape index (κ3) is 2.83. The Kier molecular flexibility index (Phi) is 4.22. The first-order valence-corrected chi connectivity index (χ1v) is 7.64. The number of aromatic hydroxyl groups is 1. The van der Waals surface area contributed by atoms with E-state index in [1.807, 2.05) is 0 Å². The molecule has 0 aliphatic carbocycles. The number of fused-ring (bicyclic) bond motifs is 1. The maximum absolute atomic E-state index is 12.0. The van der Waals surface area contributed by atoms with E-state index in [0.29, 0.717) is 35.9 Å². The maximum atomic E-state index is 12.0. The van der Waals surface area contributed by atoms with Gasteiger partial charge in [-0.1, -0.05) is 12.1 Å². The molecule has 2 aromatic rings. The molecule has 0 fully saturated rings. The fourth-order valence-electron chi connectivity index (χ4n) is 2.82. The zero-order chi connectivity index (χ0) is 17.3. The van der Waals surface area contributed by atoms with E-state index in [1.54, 1.807) is 35.9 Å². The van der Waals surface area contributed by atoms with E-state index in [9.17, 15) is 9.90 Å². The van der Waals surface area contributed by atoms with Crippen LogP contribution in [0.5, 0.6) is 5.75 Å². The van der Waals surface area contributed by atoms with Gasteiger partial charge in [0.1, 0.15) is 11.8 Å². The van der Waals surface area contributed by atoms with E-state index < -0.39 is 11.9 Å². The first-order chi connectivity index (χ1) is 11.5. The number of nitrogens with one attached hydrogen (secondary N) is 1. The van der Waals surface area contributed by atoms with Crippen molar-refractivity contribution in [3.8, 4) is 5.75 Å². The van der Waals surface area contributed by atoms with Gasteiger partial charge in [-0.2, -0.15) is 10.1 Å². The Morgan fingerprint density at radius 3 is 2.71 bits per heavy atom. The van der Waals surface area contributed by atoms with Crippen LogP contribution in [0.1, 0.15) is 30.8 Å². The van der Waals surface area contributed by atoms with Crippen molar-refractivity contribution in [2.45, 2.75) is 25.8 Å². The number of benzene rings is 1. The molecule has 1 aliphatic heterocycles. The minimum absolute atomic E-state index is 0.0580. The fraction of sp³-hybridized carbons (Fsp3) is 0.312. The van der Waals surface area contributed by atoms with Crippen LogP contribution < -0.4 is 11.1 Å². The smallest absolute Gasteiger partial charge is 0.248 e. The lowest BCUT2D eigenvalue weighted by Crippen LogP contribution is -2.31. The molecule has 0 spiro atoms. The number of rotatable bonds is 5. The van der Waals surface area contributed by atoms with E-state index in [-0.39, 0.29) is 12.4 Å². The molecule has 0 radical (unpaired) electrons. The van der Waals surface area contributed by atoms with Crippen LogP contribution in [0.4, 0.5) is 5.95 Å². The largest absolute Gasteiger partial charge is 0.508 e. The van der Waals surface area contributed by atoms with Gasteiger partial charge in [-0.3, -0.25) is 4.79 Å². The molecule has 1 aromatic heterocycles. The zero-order valence-corrected chi connectivity index (χ0v) is 13.2. The second-order valence-corrected chi connectivity index (χ2v) is 5.65. The number of hydrogen-bond acceptors (Lipinski definition) is 6. The third-order valence-corrected chi connectivity index (χ3v) is 3.93. The monoisotopic (exact) mass is 329 g/mol. The summed E-state index contributed by atoms with van der Waals surface area (Å²) >= 11 is 0. The van der Waals surface area contributed by atoms with E-state index >= 15 is 0 Å². The lowest BCUT2D eigenvalue weighted by Gasteiger charge is -2.27. The summed E-state index contributed by atoms with van der Waals surface area (Å²) in [6.45, 7) is 1.82. The van der Waals surface area contributed by atoms with Gasteiger partial charge >= 0.3 is 0 Å². The summed E-state index contributed by atoms with van der Waals surface area (Å²) in [5.41, 5.74) is 7.36. The minimum Gasteiger partial charge on any atom is -0.508 e. The molecular weight excluding hydrogens is 310 g/mol. The molecule has 0 saturated carbocycles. The van der Waals surface area contributed by atoms with Crippen LogP contribution in [0.25, 0.3) is 0 Å². The first-order valence-electron chi connectivity index (χ1n) is 7.64. The fourth-order valence-corrected chi connectivity index (χ4v) is 2.82. The number of hydrogen-bond donors (Lipinski definition) is 4. The van der Waals surface area contributed by atoms with Crippen LogP contribution in [0.15, 0.2) is 35.5 Å². The van der Waals surface area contributed by atoms with Gasteiger partial charge in [0, 0.05) is 18.7 Å². The number of primary amides is 1.